The van der Waals surface area contributed by atoms with Crippen molar-refractivity contribution in [3.63, 3.8) is 0 Å². The van der Waals surface area contributed by atoms with Crippen LogP contribution in [0, 0.1) is 13.8 Å². The van der Waals surface area contributed by atoms with E-state index in [0.29, 0.717) is 29.6 Å². The average molecular weight is 441 g/mol. The van der Waals surface area contributed by atoms with Gasteiger partial charge in [-0.2, -0.15) is 4.98 Å². The van der Waals surface area contributed by atoms with Gasteiger partial charge in [-0.1, -0.05) is 23.7 Å². The highest BCUT2D eigenvalue weighted by Gasteiger charge is 2.31. The molecule has 31 heavy (non-hydrogen) atoms. The molecular weight excluding hydrogens is 416 g/mol. The molecule has 1 aromatic carbocycles. The first-order valence-corrected chi connectivity index (χ1v) is 10.8. The smallest absolute Gasteiger partial charge is 0.348 e. The van der Waals surface area contributed by atoms with E-state index in [1.54, 1.807) is 24.1 Å². The molecule has 1 amide bonds. The molecule has 0 bridgehead atoms. The van der Waals surface area contributed by atoms with Gasteiger partial charge in [-0.05, 0) is 56.9 Å². The Morgan fingerprint density at radius 2 is 2.10 bits per heavy atom. The van der Waals surface area contributed by atoms with E-state index in [4.69, 9.17) is 16.0 Å². The lowest BCUT2D eigenvalue weighted by atomic mass is 10.0. The second-order valence-electron chi connectivity index (χ2n) is 7.98. The minimum absolute atomic E-state index is 0.0372. The summed E-state index contributed by atoms with van der Waals surface area (Å²) in [6.07, 6.45) is 4.98. The zero-order valence-electron chi connectivity index (χ0n) is 17.7. The number of rotatable bonds is 5. The summed E-state index contributed by atoms with van der Waals surface area (Å²) in [5.74, 6) is 1.14. The maximum absolute atomic E-state index is 13.1. The zero-order chi connectivity index (χ0) is 22.0. The number of carbonyl (C=O) groups is 1. The van der Waals surface area contributed by atoms with E-state index >= 15 is 0 Å². The molecular formula is C23H25ClN4O3. The first-order valence-electron chi connectivity index (χ1n) is 10.4. The lowest BCUT2D eigenvalue weighted by molar-refractivity contribution is -0.136. The van der Waals surface area contributed by atoms with E-state index < -0.39 is 5.69 Å². The third kappa shape index (κ3) is 4.88. The maximum Gasteiger partial charge on any atom is 0.348 e. The van der Waals surface area contributed by atoms with E-state index in [2.05, 4.69) is 9.97 Å². The SMILES string of the molecule is Cc1cc(C)n(CC(=O)N2CCCC[C@H]2c2ncc(Cc3cccc(Cl)c3)o2)c(=O)n1. The van der Waals surface area contributed by atoms with Gasteiger partial charge in [0.25, 0.3) is 0 Å². The molecule has 1 saturated heterocycles. The van der Waals surface area contributed by atoms with Crippen LogP contribution in [0.1, 0.15) is 53.9 Å². The predicted molar refractivity (Wildman–Crippen MR) is 117 cm³/mol. The summed E-state index contributed by atoms with van der Waals surface area (Å²) in [5.41, 5.74) is 2.00. The number of hydrogen-bond acceptors (Lipinski definition) is 5. The predicted octanol–water partition coefficient (Wildman–Crippen LogP) is 3.85. The summed E-state index contributed by atoms with van der Waals surface area (Å²) in [5, 5.41) is 0.678. The van der Waals surface area contributed by atoms with Crippen LogP contribution < -0.4 is 5.69 Å². The van der Waals surface area contributed by atoms with Crippen molar-refractivity contribution in [3.8, 4) is 0 Å². The van der Waals surface area contributed by atoms with Crippen molar-refractivity contribution in [1.29, 1.82) is 0 Å². The molecule has 3 aromatic rings. The number of likely N-dealkylation sites (tertiary alicyclic amines) is 1. The first-order chi connectivity index (χ1) is 14.9. The van der Waals surface area contributed by atoms with Gasteiger partial charge in [-0.15, -0.1) is 0 Å². The molecule has 1 fully saturated rings. The van der Waals surface area contributed by atoms with Gasteiger partial charge in [0, 0.05) is 29.4 Å². The van der Waals surface area contributed by atoms with Crippen molar-refractivity contribution in [2.45, 2.75) is 52.1 Å². The molecule has 1 atom stereocenters. The van der Waals surface area contributed by atoms with Crippen molar-refractivity contribution in [3.05, 3.63) is 80.6 Å². The van der Waals surface area contributed by atoms with Gasteiger partial charge < -0.3 is 9.32 Å². The molecule has 0 radical (unpaired) electrons. The molecule has 0 N–H and O–H groups in total. The lowest BCUT2D eigenvalue weighted by Crippen LogP contribution is -2.42. The van der Waals surface area contributed by atoms with Crippen LogP contribution in [0.5, 0.6) is 0 Å². The van der Waals surface area contributed by atoms with E-state index in [9.17, 15) is 9.59 Å². The van der Waals surface area contributed by atoms with Crippen molar-refractivity contribution in [1.82, 2.24) is 19.4 Å². The van der Waals surface area contributed by atoms with E-state index in [1.807, 2.05) is 31.2 Å². The number of halogens is 1. The Morgan fingerprint density at radius 1 is 1.26 bits per heavy atom. The first kappa shape index (κ1) is 21.3. The third-order valence-corrected chi connectivity index (χ3v) is 5.82. The minimum atomic E-state index is -0.403. The fourth-order valence-corrected chi connectivity index (χ4v) is 4.30. The average Bonchev–Trinajstić information content (AvgIpc) is 3.19. The summed E-state index contributed by atoms with van der Waals surface area (Å²) < 4.78 is 7.45. The molecule has 2 aromatic heterocycles. The minimum Gasteiger partial charge on any atom is -0.443 e. The summed E-state index contributed by atoms with van der Waals surface area (Å²) in [6.45, 7) is 4.16. The number of aryl methyl sites for hydroxylation is 2. The number of benzene rings is 1. The summed E-state index contributed by atoms with van der Waals surface area (Å²) in [4.78, 5) is 35.6. The van der Waals surface area contributed by atoms with Crippen LogP contribution in [0.15, 0.2) is 45.7 Å². The van der Waals surface area contributed by atoms with Crippen LogP contribution in [-0.2, 0) is 17.8 Å². The van der Waals surface area contributed by atoms with Crippen molar-refractivity contribution in [2.75, 3.05) is 6.54 Å². The summed E-state index contributed by atoms with van der Waals surface area (Å²) >= 11 is 6.07. The molecule has 1 aliphatic heterocycles. The molecule has 4 rings (SSSR count). The molecule has 7 nitrogen and oxygen atoms in total. The Balaban J connectivity index is 1.52. The van der Waals surface area contributed by atoms with Crippen molar-refractivity contribution < 1.29 is 9.21 Å². The number of amides is 1. The van der Waals surface area contributed by atoms with Gasteiger partial charge in [-0.3, -0.25) is 9.36 Å². The van der Waals surface area contributed by atoms with Crippen LogP contribution in [-0.4, -0.2) is 31.9 Å². The molecule has 162 valence electrons. The molecule has 3 heterocycles. The molecule has 0 saturated carbocycles. The molecule has 0 unspecified atom stereocenters. The number of oxazole rings is 1. The Hall–Kier alpha value is -2.93. The molecule has 0 aliphatic carbocycles. The highest BCUT2D eigenvalue weighted by Crippen LogP contribution is 2.31. The monoisotopic (exact) mass is 440 g/mol. The van der Waals surface area contributed by atoms with E-state index in [0.717, 1.165) is 36.3 Å². The molecule has 8 heteroatoms. The Morgan fingerprint density at radius 3 is 2.87 bits per heavy atom. The Kier molecular flexibility index (Phi) is 6.23. The fraction of sp³-hybridized carbons (Fsp3) is 0.391. The molecule has 1 aliphatic rings. The van der Waals surface area contributed by atoms with Gasteiger partial charge in [0.15, 0.2) is 0 Å². The quantitative estimate of drug-likeness (QED) is 0.602. The van der Waals surface area contributed by atoms with Crippen LogP contribution in [0.3, 0.4) is 0 Å². The Bertz CT molecular complexity index is 1150. The van der Waals surface area contributed by atoms with Crippen molar-refractivity contribution in [2.24, 2.45) is 0 Å². The van der Waals surface area contributed by atoms with Crippen molar-refractivity contribution >= 4 is 17.5 Å². The topological polar surface area (TPSA) is 81.2 Å². The maximum atomic E-state index is 13.1. The third-order valence-electron chi connectivity index (χ3n) is 5.59. The lowest BCUT2D eigenvalue weighted by Gasteiger charge is -2.34. The normalized spacial score (nSPS) is 16.5. The highest BCUT2D eigenvalue weighted by atomic mass is 35.5. The number of piperidine rings is 1. The van der Waals surface area contributed by atoms with Crippen LogP contribution in [0.2, 0.25) is 5.02 Å². The van der Waals surface area contributed by atoms with Gasteiger partial charge in [0.05, 0.1) is 6.20 Å². The molecule has 0 spiro atoms. The number of hydrogen-bond donors (Lipinski definition) is 0. The second-order valence-corrected chi connectivity index (χ2v) is 8.41. The van der Waals surface area contributed by atoms with Crippen LogP contribution in [0.25, 0.3) is 0 Å². The van der Waals surface area contributed by atoms with Gasteiger partial charge >= 0.3 is 5.69 Å². The van der Waals surface area contributed by atoms with Crippen LogP contribution in [0.4, 0.5) is 0 Å². The number of aromatic nitrogens is 3. The number of nitrogens with zero attached hydrogens (tertiary/aromatic N) is 4. The highest BCUT2D eigenvalue weighted by molar-refractivity contribution is 6.30. The second kappa shape index (κ2) is 9.06. The number of carbonyl (C=O) groups excluding carboxylic acids is 1. The fourth-order valence-electron chi connectivity index (χ4n) is 4.09. The summed E-state index contributed by atoms with van der Waals surface area (Å²) in [6, 6.07) is 9.19. The largest absolute Gasteiger partial charge is 0.443 e. The zero-order valence-corrected chi connectivity index (χ0v) is 18.4. The standard InChI is InChI=1S/C23H25ClN4O3/c1-15-10-16(2)28(23(30)26-15)14-21(29)27-9-4-3-8-20(27)22-25-13-19(31-22)12-17-6-5-7-18(24)11-17/h5-7,10-11,13,20H,3-4,8-9,12,14H2,1-2H3/t20-/m0/s1. The van der Waals surface area contributed by atoms with E-state index in [-0.39, 0.29) is 18.5 Å². The van der Waals surface area contributed by atoms with E-state index in [1.165, 1.54) is 4.57 Å². The van der Waals surface area contributed by atoms with Gasteiger partial charge in [0.2, 0.25) is 11.8 Å². The van der Waals surface area contributed by atoms with Gasteiger partial charge in [-0.25, -0.2) is 9.78 Å². The Labute approximate surface area is 185 Å². The van der Waals surface area contributed by atoms with Crippen LogP contribution >= 0.6 is 11.6 Å². The summed E-state index contributed by atoms with van der Waals surface area (Å²) in [7, 11) is 0. The van der Waals surface area contributed by atoms with Gasteiger partial charge in [0.1, 0.15) is 18.3 Å².